The second kappa shape index (κ2) is 6.16. The monoisotopic (exact) mass is 360 g/mol. The molecule has 134 valence electrons. The minimum absolute atomic E-state index is 0.0827. The number of imidazole rings is 1. The van der Waals surface area contributed by atoms with Crippen LogP contribution in [-0.4, -0.2) is 32.8 Å². The maximum Gasteiger partial charge on any atom is 0.311 e. The van der Waals surface area contributed by atoms with E-state index in [1.54, 1.807) is 16.3 Å². The van der Waals surface area contributed by atoms with E-state index in [1.165, 1.54) is 6.92 Å². The number of aromatic nitrogens is 2. The Morgan fingerprint density at radius 1 is 1.32 bits per heavy atom. The normalized spacial score (nSPS) is 23.8. The summed E-state index contributed by atoms with van der Waals surface area (Å²) >= 11 is 1.69. The van der Waals surface area contributed by atoms with Crippen LogP contribution in [0.15, 0.2) is 24.3 Å². The van der Waals surface area contributed by atoms with Gasteiger partial charge in [0.1, 0.15) is 16.7 Å². The molecule has 1 fully saturated rings. The molecule has 1 saturated heterocycles. The summed E-state index contributed by atoms with van der Waals surface area (Å²) in [6.07, 6.45) is 0.741. The van der Waals surface area contributed by atoms with Gasteiger partial charge in [-0.3, -0.25) is 14.2 Å². The van der Waals surface area contributed by atoms with E-state index in [2.05, 4.69) is 0 Å². The number of benzene rings is 1. The van der Waals surface area contributed by atoms with Gasteiger partial charge in [0.15, 0.2) is 0 Å². The zero-order valence-corrected chi connectivity index (χ0v) is 16.1. The van der Waals surface area contributed by atoms with Gasteiger partial charge < -0.3 is 4.74 Å². The summed E-state index contributed by atoms with van der Waals surface area (Å²) in [6.45, 7) is 9.03. The Labute approximate surface area is 152 Å². The fraction of sp³-hybridized carbons (Fsp3) is 0.526. The van der Waals surface area contributed by atoms with Gasteiger partial charge in [0.25, 0.3) is 0 Å². The first-order chi connectivity index (χ1) is 11.6. The first-order valence-corrected chi connectivity index (χ1v) is 9.52. The third-order valence-electron chi connectivity index (χ3n) is 4.51. The summed E-state index contributed by atoms with van der Waals surface area (Å²) in [5.41, 5.74) is 0.331. The van der Waals surface area contributed by atoms with Gasteiger partial charge in [-0.05, 0) is 52.0 Å². The minimum atomic E-state index is -0.677. The molecule has 25 heavy (non-hydrogen) atoms. The zero-order chi connectivity index (χ0) is 18.4. The molecule has 1 aromatic carbocycles. The fourth-order valence-electron chi connectivity index (χ4n) is 3.06. The molecule has 2 atom stereocenters. The molecule has 0 bridgehead atoms. The Kier molecular flexibility index (Phi) is 4.43. The number of fused-ring (bicyclic) bond motifs is 1. The molecular weight excluding hydrogens is 336 g/mol. The van der Waals surface area contributed by atoms with Crippen molar-refractivity contribution < 1.29 is 14.3 Å². The van der Waals surface area contributed by atoms with Crippen LogP contribution in [0.2, 0.25) is 0 Å². The molecule has 2 heterocycles. The molecular formula is C19H24N2O3S. The van der Waals surface area contributed by atoms with Crippen LogP contribution in [0.1, 0.15) is 56.9 Å². The van der Waals surface area contributed by atoms with Gasteiger partial charge in [-0.15, -0.1) is 11.8 Å². The second-order valence-corrected chi connectivity index (χ2v) is 8.98. The molecule has 0 amide bonds. The van der Waals surface area contributed by atoms with Crippen molar-refractivity contribution in [1.82, 2.24) is 9.55 Å². The number of carbonyl (C=O) groups excluding carboxylic acids is 2. The van der Waals surface area contributed by atoms with Gasteiger partial charge in [-0.1, -0.05) is 12.1 Å². The summed E-state index contributed by atoms with van der Waals surface area (Å²) < 4.78 is 7.59. The molecule has 0 radical (unpaired) electrons. The number of rotatable bonds is 2. The fourth-order valence-corrected chi connectivity index (χ4v) is 4.64. The van der Waals surface area contributed by atoms with Crippen molar-refractivity contribution in [3.63, 3.8) is 0 Å². The third kappa shape index (κ3) is 3.19. The minimum Gasteiger partial charge on any atom is -0.457 e. The number of hydrogen-bond acceptors (Lipinski definition) is 5. The predicted octanol–water partition coefficient (Wildman–Crippen LogP) is 4.22. The maximum atomic E-state index is 12.5. The Morgan fingerprint density at radius 2 is 2.00 bits per heavy atom. The topological polar surface area (TPSA) is 61.2 Å². The highest BCUT2D eigenvalue weighted by Gasteiger charge is 2.48. The average Bonchev–Trinajstić information content (AvgIpc) is 3.06. The number of ether oxygens (including phenoxy) is 1. The van der Waals surface area contributed by atoms with E-state index in [-0.39, 0.29) is 17.1 Å². The molecule has 0 N–H and O–H groups in total. The lowest BCUT2D eigenvalue weighted by Crippen LogP contribution is -2.39. The number of hydrogen-bond donors (Lipinski definition) is 0. The number of thioether (sulfide) groups is 1. The van der Waals surface area contributed by atoms with E-state index in [0.717, 1.165) is 23.2 Å². The number of nitrogens with zero attached hydrogens (tertiary/aromatic N) is 2. The summed E-state index contributed by atoms with van der Waals surface area (Å²) in [7, 11) is 0. The van der Waals surface area contributed by atoms with Gasteiger partial charge in [-0.2, -0.15) is 0 Å². The Balaban J connectivity index is 2.06. The smallest absolute Gasteiger partial charge is 0.311 e. The van der Waals surface area contributed by atoms with Crippen molar-refractivity contribution in [3.8, 4) is 0 Å². The Bertz CT molecular complexity index is 837. The van der Waals surface area contributed by atoms with Gasteiger partial charge in [-0.25, -0.2) is 4.98 Å². The van der Waals surface area contributed by atoms with Crippen LogP contribution in [0.3, 0.4) is 0 Å². The first-order valence-electron chi connectivity index (χ1n) is 8.47. The van der Waals surface area contributed by atoms with E-state index in [4.69, 9.17) is 9.72 Å². The van der Waals surface area contributed by atoms with Crippen LogP contribution in [0, 0.1) is 5.41 Å². The van der Waals surface area contributed by atoms with Crippen LogP contribution in [-0.2, 0) is 9.53 Å². The summed E-state index contributed by atoms with van der Waals surface area (Å²) in [6, 6.07) is 7.60. The molecule has 3 rings (SSSR count). The van der Waals surface area contributed by atoms with Gasteiger partial charge in [0.05, 0.1) is 16.4 Å². The van der Waals surface area contributed by atoms with Gasteiger partial charge >= 0.3 is 5.97 Å². The van der Waals surface area contributed by atoms with E-state index in [0.29, 0.717) is 5.82 Å². The molecule has 5 nitrogen and oxygen atoms in total. The second-order valence-electron chi connectivity index (χ2n) is 7.77. The van der Waals surface area contributed by atoms with Crippen molar-refractivity contribution in [2.75, 3.05) is 5.75 Å². The van der Waals surface area contributed by atoms with Crippen LogP contribution < -0.4 is 0 Å². The summed E-state index contributed by atoms with van der Waals surface area (Å²) in [4.78, 5) is 29.5. The SMILES string of the molecule is CC(=O)n1c([C@@H]2SCC[C@]2(C)OC(=O)C(C)(C)C)nc2ccccc21. The lowest BCUT2D eigenvalue weighted by molar-refractivity contribution is -0.167. The largest absolute Gasteiger partial charge is 0.457 e. The first kappa shape index (κ1) is 18.0. The highest BCUT2D eigenvalue weighted by Crippen LogP contribution is 2.50. The number of para-hydroxylation sites is 2. The molecule has 0 spiro atoms. The molecule has 1 aromatic heterocycles. The zero-order valence-electron chi connectivity index (χ0n) is 15.3. The number of carbonyl (C=O) groups is 2. The lowest BCUT2D eigenvalue weighted by atomic mass is 9.94. The standard InChI is InChI=1S/C19H24N2O3S/c1-12(22)21-14-9-7-6-8-13(14)20-16(21)15-19(5,10-11-25-15)24-17(23)18(2,3)4/h6-9,15H,10-11H2,1-5H3/t15-,19-/m0/s1. The quantitative estimate of drug-likeness (QED) is 0.750. The van der Waals surface area contributed by atoms with Crippen molar-refractivity contribution >= 4 is 34.7 Å². The molecule has 1 aliphatic rings. The summed E-state index contributed by atoms with van der Waals surface area (Å²) in [5, 5.41) is -0.171. The van der Waals surface area contributed by atoms with E-state index >= 15 is 0 Å². The average molecular weight is 360 g/mol. The van der Waals surface area contributed by atoms with Crippen LogP contribution in [0.4, 0.5) is 0 Å². The molecule has 2 aromatic rings. The summed E-state index contributed by atoms with van der Waals surface area (Å²) in [5.74, 6) is 1.22. The van der Waals surface area contributed by atoms with Gasteiger partial charge in [0, 0.05) is 6.92 Å². The van der Waals surface area contributed by atoms with E-state index in [1.807, 2.05) is 52.0 Å². The van der Waals surface area contributed by atoms with Crippen LogP contribution in [0.5, 0.6) is 0 Å². The molecule has 0 unspecified atom stereocenters. The lowest BCUT2D eigenvalue weighted by Gasteiger charge is -2.33. The molecule has 6 heteroatoms. The molecule has 0 saturated carbocycles. The van der Waals surface area contributed by atoms with E-state index < -0.39 is 11.0 Å². The number of esters is 1. The van der Waals surface area contributed by atoms with Crippen LogP contribution >= 0.6 is 11.8 Å². The highest BCUT2D eigenvalue weighted by atomic mass is 32.2. The molecule has 1 aliphatic heterocycles. The van der Waals surface area contributed by atoms with Crippen molar-refractivity contribution in [2.45, 2.75) is 51.9 Å². The third-order valence-corrected chi connectivity index (χ3v) is 5.99. The highest BCUT2D eigenvalue weighted by molar-refractivity contribution is 7.99. The molecule has 0 aliphatic carbocycles. The van der Waals surface area contributed by atoms with E-state index in [9.17, 15) is 9.59 Å². The van der Waals surface area contributed by atoms with Crippen LogP contribution in [0.25, 0.3) is 11.0 Å². The predicted molar refractivity (Wildman–Crippen MR) is 99.8 cm³/mol. The van der Waals surface area contributed by atoms with Gasteiger partial charge in [0.2, 0.25) is 5.91 Å². The Morgan fingerprint density at radius 3 is 2.64 bits per heavy atom. The Hall–Kier alpha value is -1.82. The maximum absolute atomic E-state index is 12.5. The van der Waals surface area contributed by atoms with Crippen molar-refractivity contribution in [3.05, 3.63) is 30.1 Å². The van der Waals surface area contributed by atoms with Crippen molar-refractivity contribution in [2.24, 2.45) is 5.41 Å². The van der Waals surface area contributed by atoms with Crippen molar-refractivity contribution in [1.29, 1.82) is 0 Å².